The van der Waals surface area contributed by atoms with Crippen molar-refractivity contribution >= 4 is 11.3 Å². The Morgan fingerprint density at radius 3 is 2.70 bits per heavy atom. The molecule has 0 amide bonds. The molecule has 0 unspecified atom stereocenters. The van der Waals surface area contributed by atoms with Crippen molar-refractivity contribution in [3.05, 3.63) is 68.7 Å². The number of benzene rings is 1. The van der Waals surface area contributed by atoms with Crippen LogP contribution < -0.4 is 5.56 Å². The van der Waals surface area contributed by atoms with E-state index in [-0.39, 0.29) is 5.56 Å². The number of hydrogen-bond donors (Lipinski definition) is 1. The third-order valence-corrected chi connectivity index (χ3v) is 3.70. The molecule has 0 atom stereocenters. The molecule has 5 heteroatoms. The minimum atomic E-state index is -0.138. The number of aryl methyl sites for hydroxylation is 1. The minimum absolute atomic E-state index is 0.138. The summed E-state index contributed by atoms with van der Waals surface area (Å²) in [6, 6.07) is 11.2. The molecule has 4 nitrogen and oxygen atoms in total. The lowest BCUT2D eigenvalue weighted by atomic mass is 10.1. The highest BCUT2D eigenvalue weighted by Gasteiger charge is 2.06. The number of thiazole rings is 1. The van der Waals surface area contributed by atoms with Crippen LogP contribution in [0.1, 0.15) is 16.5 Å². The summed E-state index contributed by atoms with van der Waals surface area (Å²) < 4.78 is 0. The van der Waals surface area contributed by atoms with Gasteiger partial charge in [0.05, 0.1) is 16.4 Å². The van der Waals surface area contributed by atoms with E-state index in [4.69, 9.17) is 0 Å². The van der Waals surface area contributed by atoms with Crippen LogP contribution in [0.15, 0.2) is 46.6 Å². The van der Waals surface area contributed by atoms with Crippen LogP contribution in [-0.2, 0) is 6.42 Å². The molecule has 100 valence electrons. The van der Waals surface area contributed by atoms with E-state index in [2.05, 4.69) is 15.0 Å². The van der Waals surface area contributed by atoms with Crippen LogP contribution in [0.3, 0.4) is 0 Å². The fraction of sp³-hybridized carbons (Fsp3) is 0.133. The zero-order valence-electron chi connectivity index (χ0n) is 11.0. The van der Waals surface area contributed by atoms with Gasteiger partial charge in [0.25, 0.3) is 5.56 Å². The van der Waals surface area contributed by atoms with Crippen molar-refractivity contribution in [2.45, 2.75) is 13.3 Å². The first-order chi connectivity index (χ1) is 9.70. The summed E-state index contributed by atoms with van der Waals surface area (Å²) in [5.41, 5.74) is 2.42. The Kier molecular flexibility index (Phi) is 3.43. The number of nitrogens with one attached hydrogen (secondary N) is 1. The van der Waals surface area contributed by atoms with E-state index in [1.165, 1.54) is 6.07 Å². The normalized spacial score (nSPS) is 10.7. The maximum atomic E-state index is 11.8. The molecule has 0 saturated carbocycles. The summed E-state index contributed by atoms with van der Waals surface area (Å²) in [7, 11) is 0. The SMILES string of the molecule is Cc1nc(Cc2nc(-c3ccccc3)cc(=O)[nH]2)cs1. The molecule has 20 heavy (non-hydrogen) atoms. The van der Waals surface area contributed by atoms with Gasteiger partial charge in [0.2, 0.25) is 0 Å². The predicted octanol–water partition coefficient (Wildman–Crippen LogP) is 2.79. The predicted molar refractivity (Wildman–Crippen MR) is 80.0 cm³/mol. The highest BCUT2D eigenvalue weighted by atomic mass is 32.1. The van der Waals surface area contributed by atoms with E-state index in [9.17, 15) is 4.79 Å². The zero-order chi connectivity index (χ0) is 13.9. The van der Waals surface area contributed by atoms with Crippen molar-refractivity contribution in [1.29, 1.82) is 0 Å². The number of nitrogens with zero attached hydrogens (tertiary/aromatic N) is 2. The van der Waals surface area contributed by atoms with Gasteiger partial charge in [0, 0.05) is 23.4 Å². The van der Waals surface area contributed by atoms with Gasteiger partial charge < -0.3 is 4.98 Å². The lowest BCUT2D eigenvalue weighted by molar-refractivity contribution is 0.926. The van der Waals surface area contributed by atoms with E-state index in [0.29, 0.717) is 17.9 Å². The van der Waals surface area contributed by atoms with Gasteiger partial charge in [-0.1, -0.05) is 30.3 Å². The summed E-state index contributed by atoms with van der Waals surface area (Å²) in [6.07, 6.45) is 0.542. The summed E-state index contributed by atoms with van der Waals surface area (Å²) in [5.74, 6) is 0.640. The number of H-pyrrole nitrogens is 1. The fourth-order valence-electron chi connectivity index (χ4n) is 2.01. The first-order valence-electron chi connectivity index (χ1n) is 6.27. The molecule has 0 aliphatic rings. The van der Waals surface area contributed by atoms with E-state index in [1.807, 2.05) is 42.6 Å². The van der Waals surface area contributed by atoms with Crippen molar-refractivity contribution in [1.82, 2.24) is 15.0 Å². The van der Waals surface area contributed by atoms with Gasteiger partial charge in [0.15, 0.2) is 0 Å². The monoisotopic (exact) mass is 283 g/mol. The van der Waals surface area contributed by atoms with Crippen LogP contribution in [0, 0.1) is 6.92 Å². The molecule has 0 fully saturated rings. The molecule has 0 spiro atoms. The molecule has 0 radical (unpaired) electrons. The number of hydrogen-bond acceptors (Lipinski definition) is 4. The third kappa shape index (κ3) is 2.83. The molecular weight excluding hydrogens is 270 g/mol. The molecule has 3 rings (SSSR count). The second-order valence-corrected chi connectivity index (χ2v) is 5.54. The topological polar surface area (TPSA) is 58.6 Å². The molecule has 1 aromatic carbocycles. The summed E-state index contributed by atoms with van der Waals surface area (Å²) in [5, 5.41) is 3.01. The standard InChI is InChI=1S/C15H13N3OS/c1-10-16-12(9-20-10)7-14-17-13(8-15(19)18-14)11-5-3-2-4-6-11/h2-6,8-9H,7H2,1H3,(H,17,18,19). The Bertz CT molecular complexity index is 777. The lowest BCUT2D eigenvalue weighted by Gasteiger charge is -2.03. The van der Waals surface area contributed by atoms with E-state index in [1.54, 1.807) is 11.3 Å². The van der Waals surface area contributed by atoms with Crippen LogP contribution >= 0.6 is 11.3 Å². The maximum absolute atomic E-state index is 11.8. The Morgan fingerprint density at radius 2 is 2.00 bits per heavy atom. The summed E-state index contributed by atoms with van der Waals surface area (Å²) in [6.45, 7) is 1.96. The van der Waals surface area contributed by atoms with Crippen molar-refractivity contribution in [2.75, 3.05) is 0 Å². The lowest BCUT2D eigenvalue weighted by Crippen LogP contribution is -2.11. The zero-order valence-corrected chi connectivity index (χ0v) is 11.8. The van der Waals surface area contributed by atoms with Gasteiger partial charge in [-0.2, -0.15) is 0 Å². The van der Waals surface area contributed by atoms with Crippen molar-refractivity contribution in [2.24, 2.45) is 0 Å². The molecule has 0 saturated heterocycles. The van der Waals surface area contributed by atoms with Gasteiger partial charge >= 0.3 is 0 Å². The molecular formula is C15H13N3OS. The molecule has 2 aromatic heterocycles. The van der Waals surface area contributed by atoms with Crippen molar-refractivity contribution < 1.29 is 0 Å². The van der Waals surface area contributed by atoms with Gasteiger partial charge in [-0.3, -0.25) is 4.79 Å². The van der Waals surface area contributed by atoms with E-state index < -0.39 is 0 Å². The van der Waals surface area contributed by atoms with E-state index in [0.717, 1.165) is 16.3 Å². The highest BCUT2D eigenvalue weighted by Crippen LogP contribution is 2.16. The minimum Gasteiger partial charge on any atom is -0.310 e. The molecule has 1 N–H and O–H groups in total. The largest absolute Gasteiger partial charge is 0.310 e. The Balaban J connectivity index is 1.97. The van der Waals surface area contributed by atoms with Crippen LogP contribution in [0.25, 0.3) is 11.3 Å². The summed E-state index contributed by atoms with van der Waals surface area (Å²) >= 11 is 1.60. The highest BCUT2D eigenvalue weighted by molar-refractivity contribution is 7.09. The second-order valence-electron chi connectivity index (χ2n) is 4.48. The third-order valence-electron chi connectivity index (χ3n) is 2.88. The first kappa shape index (κ1) is 12.7. The van der Waals surface area contributed by atoms with Gasteiger partial charge in [0.1, 0.15) is 5.82 Å². The first-order valence-corrected chi connectivity index (χ1v) is 7.15. The summed E-state index contributed by atoms with van der Waals surface area (Å²) in [4.78, 5) is 23.5. The Hall–Kier alpha value is -2.27. The Labute approximate surface area is 120 Å². The van der Waals surface area contributed by atoms with Crippen LogP contribution in [0.4, 0.5) is 0 Å². The smallest absolute Gasteiger partial charge is 0.251 e. The molecule has 0 aliphatic heterocycles. The number of rotatable bonds is 3. The maximum Gasteiger partial charge on any atom is 0.251 e. The molecule has 3 aromatic rings. The van der Waals surface area contributed by atoms with Gasteiger partial charge in [-0.15, -0.1) is 11.3 Å². The molecule has 2 heterocycles. The molecule has 0 aliphatic carbocycles. The second kappa shape index (κ2) is 5.38. The Morgan fingerprint density at radius 1 is 1.20 bits per heavy atom. The molecule has 0 bridgehead atoms. The fourth-order valence-corrected chi connectivity index (χ4v) is 2.62. The van der Waals surface area contributed by atoms with Crippen LogP contribution in [0.2, 0.25) is 0 Å². The van der Waals surface area contributed by atoms with Crippen LogP contribution in [-0.4, -0.2) is 15.0 Å². The van der Waals surface area contributed by atoms with Gasteiger partial charge in [-0.25, -0.2) is 9.97 Å². The van der Waals surface area contributed by atoms with Crippen molar-refractivity contribution in [3.8, 4) is 11.3 Å². The van der Waals surface area contributed by atoms with Gasteiger partial charge in [-0.05, 0) is 6.92 Å². The number of aromatic nitrogens is 3. The average Bonchev–Trinajstić information content (AvgIpc) is 2.84. The van der Waals surface area contributed by atoms with E-state index >= 15 is 0 Å². The van der Waals surface area contributed by atoms with Crippen molar-refractivity contribution in [3.63, 3.8) is 0 Å². The number of aromatic amines is 1. The van der Waals surface area contributed by atoms with Crippen LogP contribution in [0.5, 0.6) is 0 Å². The quantitative estimate of drug-likeness (QED) is 0.804. The average molecular weight is 283 g/mol.